The Labute approximate surface area is 296 Å². The number of hydrogen-bond acceptors (Lipinski definition) is 6. The monoisotopic (exact) mass is 675 g/mol. The number of nitrogens with zero attached hydrogens (tertiary/aromatic N) is 1. The van der Waals surface area contributed by atoms with Gasteiger partial charge < -0.3 is 9.84 Å². The van der Waals surface area contributed by atoms with E-state index < -0.39 is 35.0 Å². The third kappa shape index (κ3) is 4.78. The molecule has 0 spiro atoms. The summed E-state index contributed by atoms with van der Waals surface area (Å²) in [6, 6.07) is 30.9. The lowest BCUT2D eigenvalue weighted by Crippen LogP contribution is -2.58. The quantitative estimate of drug-likeness (QED) is 0.161. The molecule has 6 unspecified atom stereocenters. The first-order chi connectivity index (χ1) is 24.8. The predicted molar refractivity (Wildman–Crippen MR) is 195 cm³/mol. The average molecular weight is 676 g/mol. The molecule has 4 aromatic rings. The van der Waals surface area contributed by atoms with Crippen LogP contribution >= 0.6 is 0 Å². The van der Waals surface area contributed by atoms with Crippen molar-refractivity contribution in [3.63, 3.8) is 0 Å². The highest BCUT2D eigenvalue weighted by Crippen LogP contribution is 2.65. The Kier molecular flexibility index (Phi) is 7.94. The summed E-state index contributed by atoms with van der Waals surface area (Å²) in [5, 5.41) is 11.9. The smallest absolute Gasteiger partial charge is 0.238 e. The van der Waals surface area contributed by atoms with Crippen LogP contribution in [0.5, 0.6) is 11.5 Å². The number of phenolic OH excluding ortho intramolecular Hbond substituents is 1. The van der Waals surface area contributed by atoms with Crippen molar-refractivity contribution >= 4 is 40.7 Å². The van der Waals surface area contributed by atoms with Crippen LogP contribution in [0.3, 0.4) is 0 Å². The Hall–Kier alpha value is -5.82. The fourth-order valence-electron chi connectivity index (χ4n) is 9.28. The molecular formula is C44H37NO6. The van der Waals surface area contributed by atoms with Crippen LogP contribution in [0.1, 0.15) is 47.9 Å². The highest BCUT2D eigenvalue weighted by atomic mass is 16.5. The van der Waals surface area contributed by atoms with E-state index in [9.17, 15) is 14.7 Å². The van der Waals surface area contributed by atoms with Crippen molar-refractivity contribution in [2.24, 2.45) is 23.7 Å². The van der Waals surface area contributed by atoms with Gasteiger partial charge in [0.05, 0.1) is 29.5 Å². The Balaban J connectivity index is 1.36. The van der Waals surface area contributed by atoms with Gasteiger partial charge >= 0.3 is 0 Å². The molecule has 0 radical (unpaired) electrons. The number of fused-ring (bicyclic) bond motifs is 4. The van der Waals surface area contributed by atoms with E-state index in [1.807, 2.05) is 85.8 Å². The van der Waals surface area contributed by atoms with Crippen LogP contribution in [-0.4, -0.2) is 35.1 Å². The van der Waals surface area contributed by atoms with Crippen LogP contribution in [0, 0.1) is 23.7 Å². The maximum atomic E-state index is 15.2. The van der Waals surface area contributed by atoms with Crippen LogP contribution in [0.25, 0.3) is 11.6 Å². The Bertz CT molecular complexity index is 2150. The topological polar surface area (TPSA) is 101 Å². The predicted octanol–water partition coefficient (Wildman–Crippen LogP) is 7.46. The van der Waals surface area contributed by atoms with Gasteiger partial charge in [-0.15, -0.1) is 0 Å². The number of ether oxygens (including phenoxy) is 1. The molecule has 6 atom stereocenters. The molecule has 8 rings (SSSR count). The molecule has 2 amide bonds. The average Bonchev–Trinajstić information content (AvgIpc) is 3.42. The molecule has 0 aromatic heterocycles. The van der Waals surface area contributed by atoms with Gasteiger partial charge in [-0.2, -0.15) is 0 Å². The van der Waals surface area contributed by atoms with Gasteiger partial charge in [0.25, 0.3) is 0 Å². The number of rotatable bonds is 7. The van der Waals surface area contributed by atoms with Crippen LogP contribution in [0.2, 0.25) is 0 Å². The number of ketones is 2. The number of amides is 2. The lowest BCUT2D eigenvalue weighted by molar-refractivity contribution is -0.135. The Morgan fingerprint density at radius 2 is 1.57 bits per heavy atom. The molecule has 254 valence electrons. The van der Waals surface area contributed by atoms with Crippen LogP contribution in [-0.2, 0) is 24.6 Å². The van der Waals surface area contributed by atoms with Crippen molar-refractivity contribution in [3.05, 3.63) is 150 Å². The van der Waals surface area contributed by atoms with E-state index in [2.05, 4.69) is 6.58 Å². The van der Waals surface area contributed by atoms with Gasteiger partial charge in [0, 0.05) is 23.0 Å². The van der Waals surface area contributed by atoms with Crippen molar-refractivity contribution in [2.75, 3.05) is 11.5 Å². The zero-order valence-corrected chi connectivity index (χ0v) is 28.2. The molecule has 4 aromatic carbocycles. The number of Topliss-reactive ketones (excluding diaryl/α,β-unsaturated/α-hetero) is 1. The van der Waals surface area contributed by atoms with Crippen molar-refractivity contribution in [2.45, 2.75) is 31.1 Å². The summed E-state index contributed by atoms with van der Waals surface area (Å²) in [4.78, 5) is 60.2. The second-order valence-corrected chi connectivity index (χ2v) is 13.7. The van der Waals surface area contributed by atoms with Gasteiger partial charge in [-0.3, -0.25) is 24.1 Å². The maximum absolute atomic E-state index is 15.2. The third-order valence-corrected chi connectivity index (χ3v) is 11.4. The summed E-state index contributed by atoms with van der Waals surface area (Å²) < 4.78 is 5.84. The molecule has 51 heavy (non-hydrogen) atoms. The lowest BCUT2D eigenvalue weighted by atomic mass is 9.44. The van der Waals surface area contributed by atoms with E-state index in [1.54, 1.807) is 36.4 Å². The summed E-state index contributed by atoms with van der Waals surface area (Å²) in [6.07, 6.45) is 5.64. The van der Waals surface area contributed by atoms with Gasteiger partial charge in [-0.05, 0) is 66.6 Å². The first kappa shape index (κ1) is 32.4. The molecule has 2 fully saturated rings. The Morgan fingerprint density at radius 3 is 2.25 bits per heavy atom. The molecular weight excluding hydrogens is 638 g/mol. The zero-order valence-electron chi connectivity index (χ0n) is 28.2. The molecule has 3 aliphatic carbocycles. The minimum Gasteiger partial charge on any atom is -0.504 e. The third-order valence-electron chi connectivity index (χ3n) is 11.4. The standard InChI is InChI=1S/C44H37NO6/c1-3-26-18-20-29(21-19-26)45-42(49)31-23-22-30-34(38(31)43(45)50)24-35-40(47)33(27-12-7-5-8-13-27)25-37(46)44(35,28-14-9-6-10-15-28)39(30)32-16-11-17-36(41(32)48)51-4-2/h3,5-22,25,31,34-35,38-39,48H,1,4,23-24H2,2H3. The molecule has 1 saturated heterocycles. The number of phenols is 1. The largest absolute Gasteiger partial charge is 0.504 e. The number of para-hydroxylation sites is 1. The van der Waals surface area contributed by atoms with Crippen LogP contribution in [0.15, 0.2) is 127 Å². The van der Waals surface area contributed by atoms with Crippen molar-refractivity contribution < 1.29 is 29.0 Å². The zero-order chi connectivity index (χ0) is 35.4. The Morgan fingerprint density at radius 1 is 0.863 bits per heavy atom. The number of carbonyl (C=O) groups is 4. The van der Waals surface area contributed by atoms with Gasteiger partial charge in [0.2, 0.25) is 11.8 Å². The summed E-state index contributed by atoms with van der Waals surface area (Å²) >= 11 is 0. The highest BCUT2D eigenvalue weighted by molar-refractivity contribution is 6.32. The number of carbonyl (C=O) groups excluding carboxylic acids is 4. The van der Waals surface area contributed by atoms with Gasteiger partial charge in [-0.25, -0.2) is 0 Å². The molecule has 1 N–H and O–H groups in total. The molecule has 1 saturated carbocycles. The van der Waals surface area contributed by atoms with E-state index >= 15 is 9.59 Å². The number of anilines is 1. The molecule has 7 nitrogen and oxygen atoms in total. The lowest BCUT2D eigenvalue weighted by Gasteiger charge is -2.55. The van der Waals surface area contributed by atoms with Gasteiger partial charge in [-0.1, -0.05) is 109 Å². The normalized spacial score (nSPS) is 26.8. The first-order valence-electron chi connectivity index (χ1n) is 17.5. The number of aromatic hydroxyl groups is 1. The number of hydrogen-bond donors (Lipinski definition) is 1. The number of allylic oxidation sites excluding steroid dienone is 4. The first-order valence-corrected chi connectivity index (χ1v) is 17.5. The van der Waals surface area contributed by atoms with Crippen LogP contribution < -0.4 is 9.64 Å². The van der Waals surface area contributed by atoms with Crippen molar-refractivity contribution in [1.82, 2.24) is 0 Å². The van der Waals surface area contributed by atoms with Gasteiger partial charge in [0.1, 0.15) is 0 Å². The summed E-state index contributed by atoms with van der Waals surface area (Å²) in [5.74, 6) is -4.56. The van der Waals surface area contributed by atoms with Gasteiger partial charge in [0.15, 0.2) is 23.1 Å². The molecule has 0 bridgehead atoms. The number of benzene rings is 4. The minimum atomic E-state index is -1.44. The summed E-state index contributed by atoms with van der Waals surface area (Å²) in [7, 11) is 0. The highest BCUT2D eigenvalue weighted by Gasteiger charge is 2.66. The fourth-order valence-corrected chi connectivity index (χ4v) is 9.28. The van der Waals surface area contributed by atoms with E-state index in [1.165, 1.54) is 11.0 Å². The maximum Gasteiger partial charge on any atom is 0.238 e. The number of imide groups is 1. The second kappa shape index (κ2) is 12.5. The summed E-state index contributed by atoms with van der Waals surface area (Å²) in [5.41, 5.74) is 2.74. The van der Waals surface area contributed by atoms with Crippen molar-refractivity contribution in [1.29, 1.82) is 0 Å². The second-order valence-electron chi connectivity index (χ2n) is 13.7. The van der Waals surface area contributed by atoms with E-state index in [0.29, 0.717) is 34.6 Å². The molecule has 1 heterocycles. The van der Waals surface area contributed by atoms with Crippen LogP contribution in [0.4, 0.5) is 5.69 Å². The fraction of sp³-hybridized carbons (Fsp3) is 0.227. The molecule has 4 aliphatic rings. The SMILES string of the molecule is C=Cc1ccc(N2C(=O)C3CC=C4C(CC5C(=O)C(c6ccccc6)=CC(=O)C5(c5ccccc5)C4c4cccc(OCC)c4O)C3C2=O)cc1. The minimum absolute atomic E-state index is 0.113. The van der Waals surface area contributed by atoms with E-state index in [4.69, 9.17) is 4.74 Å². The van der Waals surface area contributed by atoms with E-state index in [0.717, 1.165) is 11.1 Å². The summed E-state index contributed by atoms with van der Waals surface area (Å²) in [6.45, 7) is 5.94. The van der Waals surface area contributed by atoms with Crippen molar-refractivity contribution in [3.8, 4) is 11.5 Å². The molecule has 1 aliphatic heterocycles. The van der Waals surface area contributed by atoms with E-state index in [-0.39, 0.29) is 47.7 Å². The molecule has 7 heteroatoms.